The molecule has 126 valence electrons. The van der Waals surface area contributed by atoms with Crippen molar-refractivity contribution in [3.63, 3.8) is 0 Å². The van der Waals surface area contributed by atoms with E-state index in [-0.39, 0.29) is 0 Å². The first kappa shape index (κ1) is 15.4. The van der Waals surface area contributed by atoms with Crippen LogP contribution >= 0.6 is 0 Å². The first-order valence-corrected chi connectivity index (χ1v) is 8.34. The molecule has 0 unspecified atom stereocenters. The molecule has 0 aliphatic rings. The lowest BCUT2D eigenvalue weighted by atomic mass is 10.1. The van der Waals surface area contributed by atoms with E-state index in [0.717, 1.165) is 30.9 Å². The fourth-order valence-corrected chi connectivity index (χ4v) is 3.03. The van der Waals surface area contributed by atoms with Crippen LogP contribution in [0.4, 0.5) is 0 Å². The van der Waals surface area contributed by atoms with Crippen molar-refractivity contribution in [2.75, 3.05) is 0 Å². The average molecular weight is 332 g/mol. The van der Waals surface area contributed by atoms with Crippen molar-refractivity contribution >= 4 is 0 Å². The van der Waals surface area contributed by atoms with Crippen LogP contribution in [0.25, 0.3) is 11.4 Å². The summed E-state index contributed by atoms with van der Waals surface area (Å²) in [6, 6.07) is 10.3. The molecule has 0 saturated heterocycles. The van der Waals surface area contributed by atoms with E-state index in [4.69, 9.17) is 0 Å². The number of aryl methyl sites for hydroxylation is 3. The SMILES string of the molecule is Cn1cc(CCn2ccnc2-c2ccccc2Cn2cccn2)cn1. The second-order valence-electron chi connectivity index (χ2n) is 6.08. The monoisotopic (exact) mass is 332 g/mol. The number of imidazole rings is 1. The van der Waals surface area contributed by atoms with Gasteiger partial charge >= 0.3 is 0 Å². The maximum Gasteiger partial charge on any atom is 0.140 e. The van der Waals surface area contributed by atoms with Crippen LogP contribution in [0.15, 0.2) is 67.5 Å². The Hall–Kier alpha value is -3.15. The zero-order valence-electron chi connectivity index (χ0n) is 14.2. The van der Waals surface area contributed by atoms with Crippen molar-refractivity contribution in [3.05, 3.63) is 78.6 Å². The van der Waals surface area contributed by atoms with Gasteiger partial charge in [-0.2, -0.15) is 10.2 Å². The van der Waals surface area contributed by atoms with Gasteiger partial charge in [-0.1, -0.05) is 24.3 Å². The van der Waals surface area contributed by atoms with Crippen LogP contribution in [-0.2, 0) is 26.6 Å². The van der Waals surface area contributed by atoms with Crippen molar-refractivity contribution in [3.8, 4) is 11.4 Å². The highest BCUT2D eigenvalue weighted by atomic mass is 15.3. The summed E-state index contributed by atoms with van der Waals surface area (Å²) in [6.45, 7) is 1.61. The molecule has 0 fully saturated rings. The summed E-state index contributed by atoms with van der Waals surface area (Å²) in [4.78, 5) is 4.61. The van der Waals surface area contributed by atoms with Gasteiger partial charge in [0.05, 0.1) is 12.7 Å². The maximum absolute atomic E-state index is 4.61. The molecule has 25 heavy (non-hydrogen) atoms. The molecule has 6 nitrogen and oxygen atoms in total. The molecule has 0 radical (unpaired) electrons. The normalized spacial score (nSPS) is 11.1. The Morgan fingerprint density at radius 1 is 1.00 bits per heavy atom. The highest BCUT2D eigenvalue weighted by molar-refractivity contribution is 5.60. The highest BCUT2D eigenvalue weighted by Gasteiger charge is 2.11. The van der Waals surface area contributed by atoms with E-state index in [1.165, 1.54) is 11.1 Å². The molecular weight excluding hydrogens is 312 g/mol. The van der Waals surface area contributed by atoms with Crippen LogP contribution in [0.2, 0.25) is 0 Å². The Balaban J connectivity index is 1.59. The van der Waals surface area contributed by atoms with Gasteiger partial charge in [0, 0.05) is 50.1 Å². The average Bonchev–Trinajstić information content (AvgIpc) is 3.36. The van der Waals surface area contributed by atoms with Gasteiger partial charge in [0.15, 0.2) is 0 Å². The lowest BCUT2D eigenvalue weighted by Gasteiger charge is -2.12. The van der Waals surface area contributed by atoms with Crippen LogP contribution < -0.4 is 0 Å². The fraction of sp³-hybridized carbons (Fsp3) is 0.211. The lowest BCUT2D eigenvalue weighted by molar-refractivity contribution is 0.681. The molecule has 0 aliphatic carbocycles. The van der Waals surface area contributed by atoms with E-state index >= 15 is 0 Å². The topological polar surface area (TPSA) is 53.5 Å². The Labute approximate surface area is 146 Å². The molecule has 0 saturated carbocycles. The minimum Gasteiger partial charge on any atom is -0.331 e. The third-order valence-electron chi connectivity index (χ3n) is 4.27. The molecular formula is C19H20N6. The van der Waals surface area contributed by atoms with Gasteiger partial charge in [0.2, 0.25) is 0 Å². The minimum absolute atomic E-state index is 0.735. The number of benzene rings is 1. The molecule has 4 rings (SSSR count). The number of rotatable bonds is 6. The van der Waals surface area contributed by atoms with E-state index in [1.54, 1.807) is 6.20 Å². The van der Waals surface area contributed by atoms with Crippen LogP contribution in [-0.4, -0.2) is 29.1 Å². The van der Waals surface area contributed by atoms with Gasteiger partial charge in [-0.05, 0) is 23.6 Å². The lowest BCUT2D eigenvalue weighted by Crippen LogP contribution is -2.06. The molecule has 3 aromatic heterocycles. The predicted molar refractivity (Wildman–Crippen MR) is 95.9 cm³/mol. The van der Waals surface area contributed by atoms with Crippen molar-refractivity contribution in [2.24, 2.45) is 7.05 Å². The summed E-state index contributed by atoms with van der Waals surface area (Å²) >= 11 is 0. The van der Waals surface area contributed by atoms with E-state index < -0.39 is 0 Å². The van der Waals surface area contributed by atoms with E-state index in [0.29, 0.717) is 0 Å². The first-order chi connectivity index (χ1) is 12.3. The largest absolute Gasteiger partial charge is 0.331 e. The number of hydrogen-bond donors (Lipinski definition) is 0. The maximum atomic E-state index is 4.61. The second kappa shape index (κ2) is 6.76. The number of nitrogens with zero attached hydrogens (tertiary/aromatic N) is 6. The van der Waals surface area contributed by atoms with Crippen LogP contribution in [0, 0.1) is 0 Å². The van der Waals surface area contributed by atoms with Gasteiger partial charge in [-0.15, -0.1) is 0 Å². The summed E-state index contributed by atoms with van der Waals surface area (Å²) in [7, 11) is 1.94. The van der Waals surface area contributed by atoms with Crippen molar-refractivity contribution < 1.29 is 0 Å². The first-order valence-electron chi connectivity index (χ1n) is 8.34. The third kappa shape index (κ3) is 3.38. The smallest absolute Gasteiger partial charge is 0.140 e. The van der Waals surface area contributed by atoms with Gasteiger partial charge in [0.1, 0.15) is 5.82 Å². The molecule has 4 aromatic rings. The summed E-state index contributed by atoms with van der Waals surface area (Å²) < 4.78 is 5.97. The molecule has 0 spiro atoms. The molecule has 0 aliphatic heterocycles. The molecule has 0 atom stereocenters. The predicted octanol–water partition coefficient (Wildman–Crippen LogP) is 2.77. The van der Waals surface area contributed by atoms with Gasteiger partial charge in [-0.25, -0.2) is 4.98 Å². The van der Waals surface area contributed by atoms with Gasteiger partial charge < -0.3 is 4.57 Å². The van der Waals surface area contributed by atoms with Crippen molar-refractivity contribution in [1.29, 1.82) is 0 Å². The number of hydrogen-bond acceptors (Lipinski definition) is 3. The van der Waals surface area contributed by atoms with Crippen molar-refractivity contribution in [1.82, 2.24) is 29.1 Å². The van der Waals surface area contributed by atoms with Gasteiger partial charge in [-0.3, -0.25) is 9.36 Å². The Bertz CT molecular complexity index is 948. The Morgan fingerprint density at radius 3 is 2.72 bits per heavy atom. The molecule has 0 bridgehead atoms. The molecule has 0 N–H and O–H groups in total. The number of aromatic nitrogens is 6. The van der Waals surface area contributed by atoms with Crippen molar-refractivity contribution in [2.45, 2.75) is 19.5 Å². The van der Waals surface area contributed by atoms with Crippen LogP contribution in [0.3, 0.4) is 0 Å². The Kier molecular flexibility index (Phi) is 4.16. The zero-order chi connectivity index (χ0) is 17.1. The summed E-state index contributed by atoms with van der Waals surface area (Å²) in [5.74, 6) is 0.992. The van der Waals surface area contributed by atoms with Crippen LogP contribution in [0.5, 0.6) is 0 Å². The zero-order valence-corrected chi connectivity index (χ0v) is 14.2. The van der Waals surface area contributed by atoms with E-state index in [2.05, 4.69) is 50.2 Å². The third-order valence-corrected chi connectivity index (χ3v) is 4.27. The molecule has 6 heteroatoms. The molecule has 0 amide bonds. The summed E-state index contributed by atoms with van der Waals surface area (Å²) in [5, 5.41) is 8.55. The second-order valence-corrected chi connectivity index (χ2v) is 6.08. The molecule has 1 aromatic carbocycles. The summed E-state index contributed by atoms with van der Waals surface area (Å²) in [5.41, 5.74) is 3.58. The quantitative estimate of drug-likeness (QED) is 0.545. The highest BCUT2D eigenvalue weighted by Crippen LogP contribution is 2.23. The molecule has 3 heterocycles. The summed E-state index contributed by atoms with van der Waals surface area (Å²) in [6.07, 6.45) is 12.6. The standard InChI is InChI=1S/C19H20N6/c1-23-14-16(13-22-23)7-11-24-12-9-20-19(24)18-6-3-2-5-17(18)15-25-10-4-8-21-25/h2-6,8-10,12-14H,7,11,15H2,1H3. The van der Waals surface area contributed by atoms with Crippen LogP contribution in [0.1, 0.15) is 11.1 Å². The van der Waals surface area contributed by atoms with Gasteiger partial charge in [0.25, 0.3) is 0 Å². The fourth-order valence-electron chi connectivity index (χ4n) is 3.03. The minimum atomic E-state index is 0.735. The Morgan fingerprint density at radius 2 is 1.92 bits per heavy atom. The van der Waals surface area contributed by atoms with E-state index in [1.807, 2.05) is 47.3 Å². The van der Waals surface area contributed by atoms with E-state index in [9.17, 15) is 0 Å².